The summed E-state index contributed by atoms with van der Waals surface area (Å²) < 4.78 is 39.3. The zero-order valence-corrected chi connectivity index (χ0v) is 12.3. The monoisotopic (exact) mass is 317 g/mol. The number of carbonyl (C=O) groups excluding carboxylic acids is 1. The van der Waals surface area contributed by atoms with E-state index >= 15 is 0 Å². The molecule has 1 fully saturated rings. The molecular weight excluding hydrogens is 303 g/mol. The van der Waals surface area contributed by atoms with Gasteiger partial charge in [-0.1, -0.05) is 17.7 Å². The third-order valence-electron chi connectivity index (χ3n) is 3.57. The van der Waals surface area contributed by atoms with Gasteiger partial charge in [-0.15, -0.1) is 0 Å². The van der Waals surface area contributed by atoms with Gasteiger partial charge in [0.1, 0.15) is 0 Å². The molecule has 0 radical (unpaired) electrons. The Morgan fingerprint density at radius 3 is 2.43 bits per heavy atom. The van der Waals surface area contributed by atoms with Crippen LogP contribution in [0.5, 0.6) is 0 Å². The van der Waals surface area contributed by atoms with Crippen molar-refractivity contribution in [2.45, 2.75) is 19.0 Å². The lowest BCUT2D eigenvalue weighted by molar-refractivity contribution is -0.137. The standard InChI is InChI=1S/C15H15ClF3NO/c1-20-6-4-10(5-7-20)8-11-2-3-12(14(16)21)9-13(11)15(17,18)19/h2-3,8-9H,4-7H2,1H3. The SMILES string of the molecule is CN1CCC(=Cc2ccc(C(=O)Cl)cc2C(F)(F)F)CC1. The number of benzene rings is 1. The molecule has 1 saturated heterocycles. The minimum absolute atomic E-state index is 0.0868. The Morgan fingerprint density at radius 1 is 1.29 bits per heavy atom. The van der Waals surface area contributed by atoms with Crippen molar-refractivity contribution >= 4 is 22.9 Å². The molecule has 6 heteroatoms. The Kier molecular flexibility index (Phi) is 4.74. The van der Waals surface area contributed by atoms with Crippen LogP contribution < -0.4 is 0 Å². The Bertz CT molecular complexity index is 571. The molecule has 1 aliphatic heterocycles. The fraction of sp³-hybridized carbons (Fsp3) is 0.400. The first kappa shape index (κ1) is 16.0. The molecule has 1 heterocycles. The van der Waals surface area contributed by atoms with Gasteiger partial charge in [-0.05, 0) is 49.2 Å². The van der Waals surface area contributed by atoms with Crippen LogP contribution in [-0.2, 0) is 6.18 Å². The number of piperidine rings is 1. The maximum atomic E-state index is 13.1. The van der Waals surface area contributed by atoms with Crippen LogP contribution in [0.4, 0.5) is 13.2 Å². The van der Waals surface area contributed by atoms with Crippen LogP contribution in [0.15, 0.2) is 23.8 Å². The molecular formula is C15H15ClF3NO. The van der Waals surface area contributed by atoms with Gasteiger partial charge in [0.2, 0.25) is 0 Å². The summed E-state index contributed by atoms with van der Waals surface area (Å²) in [5.41, 5.74) is 0.113. The molecule has 0 bridgehead atoms. The van der Waals surface area contributed by atoms with Gasteiger partial charge in [-0.2, -0.15) is 13.2 Å². The summed E-state index contributed by atoms with van der Waals surface area (Å²) in [7, 11) is 1.98. The number of halogens is 4. The number of rotatable bonds is 2. The predicted octanol–water partition coefficient (Wildman–Crippen LogP) is 4.19. The van der Waals surface area contributed by atoms with Crippen LogP contribution in [0, 0.1) is 0 Å². The van der Waals surface area contributed by atoms with E-state index in [1.807, 2.05) is 7.05 Å². The molecule has 2 nitrogen and oxygen atoms in total. The van der Waals surface area contributed by atoms with Crippen molar-refractivity contribution in [3.8, 4) is 0 Å². The van der Waals surface area contributed by atoms with E-state index < -0.39 is 17.0 Å². The minimum atomic E-state index is -4.51. The fourth-order valence-electron chi connectivity index (χ4n) is 2.32. The summed E-state index contributed by atoms with van der Waals surface area (Å²) in [6.45, 7) is 1.68. The van der Waals surface area contributed by atoms with Gasteiger partial charge >= 0.3 is 6.18 Å². The Morgan fingerprint density at radius 2 is 1.90 bits per heavy atom. The van der Waals surface area contributed by atoms with E-state index in [9.17, 15) is 18.0 Å². The molecule has 1 aromatic rings. The van der Waals surface area contributed by atoms with E-state index in [1.165, 1.54) is 12.1 Å². The van der Waals surface area contributed by atoms with Crippen LogP contribution in [0.1, 0.15) is 34.3 Å². The lowest BCUT2D eigenvalue weighted by Crippen LogP contribution is -2.26. The third kappa shape index (κ3) is 4.08. The lowest BCUT2D eigenvalue weighted by atomic mass is 9.97. The third-order valence-corrected chi connectivity index (χ3v) is 3.79. The average molecular weight is 318 g/mol. The van der Waals surface area contributed by atoms with Crippen molar-refractivity contribution in [2.75, 3.05) is 20.1 Å². The van der Waals surface area contributed by atoms with E-state index in [0.29, 0.717) is 0 Å². The van der Waals surface area contributed by atoms with E-state index in [4.69, 9.17) is 11.6 Å². The van der Waals surface area contributed by atoms with Crippen LogP contribution in [0.3, 0.4) is 0 Å². The van der Waals surface area contributed by atoms with Crippen LogP contribution in [-0.4, -0.2) is 30.3 Å². The predicted molar refractivity (Wildman–Crippen MR) is 76.3 cm³/mol. The molecule has 0 aliphatic carbocycles. The van der Waals surface area contributed by atoms with Gasteiger partial charge in [0.25, 0.3) is 5.24 Å². The summed E-state index contributed by atoms with van der Waals surface area (Å²) in [5, 5.41) is -0.890. The van der Waals surface area contributed by atoms with Gasteiger partial charge < -0.3 is 4.90 Å². The highest BCUT2D eigenvalue weighted by atomic mass is 35.5. The first-order valence-electron chi connectivity index (χ1n) is 6.56. The zero-order chi connectivity index (χ0) is 15.6. The topological polar surface area (TPSA) is 20.3 Å². The van der Waals surface area contributed by atoms with Gasteiger partial charge in [-0.3, -0.25) is 4.79 Å². The van der Waals surface area contributed by atoms with Crippen molar-refractivity contribution in [1.29, 1.82) is 0 Å². The molecule has 0 aromatic heterocycles. The second-order valence-electron chi connectivity index (χ2n) is 5.18. The number of hydrogen-bond acceptors (Lipinski definition) is 2. The Labute approximate surface area is 126 Å². The number of alkyl halides is 3. The first-order chi connectivity index (χ1) is 9.77. The summed E-state index contributed by atoms with van der Waals surface area (Å²) >= 11 is 5.26. The van der Waals surface area contributed by atoms with Gasteiger partial charge in [-0.25, -0.2) is 0 Å². The van der Waals surface area contributed by atoms with Crippen molar-refractivity contribution < 1.29 is 18.0 Å². The van der Waals surface area contributed by atoms with Crippen molar-refractivity contribution in [2.24, 2.45) is 0 Å². The molecule has 2 rings (SSSR count). The van der Waals surface area contributed by atoms with E-state index in [1.54, 1.807) is 6.08 Å². The smallest absolute Gasteiger partial charge is 0.306 e. The van der Waals surface area contributed by atoms with Crippen molar-refractivity contribution in [3.63, 3.8) is 0 Å². The largest absolute Gasteiger partial charge is 0.417 e. The highest BCUT2D eigenvalue weighted by Gasteiger charge is 2.33. The molecule has 0 N–H and O–H groups in total. The van der Waals surface area contributed by atoms with Crippen molar-refractivity contribution in [1.82, 2.24) is 4.90 Å². The highest BCUT2D eigenvalue weighted by molar-refractivity contribution is 6.67. The molecule has 0 spiro atoms. The Balaban J connectivity index is 2.39. The average Bonchev–Trinajstić information content (AvgIpc) is 2.40. The number of nitrogens with zero attached hydrogens (tertiary/aromatic N) is 1. The summed E-state index contributed by atoms with van der Waals surface area (Å²) in [6.07, 6.45) is -1.42. The van der Waals surface area contributed by atoms with Gasteiger partial charge in [0.15, 0.2) is 0 Å². The van der Waals surface area contributed by atoms with Crippen molar-refractivity contribution in [3.05, 3.63) is 40.5 Å². The second-order valence-corrected chi connectivity index (χ2v) is 5.52. The van der Waals surface area contributed by atoms with Crippen LogP contribution in [0.25, 0.3) is 6.08 Å². The number of hydrogen-bond donors (Lipinski definition) is 0. The minimum Gasteiger partial charge on any atom is -0.306 e. The maximum Gasteiger partial charge on any atom is 0.417 e. The molecule has 0 amide bonds. The van der Waals surface area contributed by atoms with Crippen LogP contribution >= 0.6 is 11.6 Å². The normalized spacial score (nSPS) is 16.9. The lowest BCUT2D eigenvalue weighted by Gasteiger charge is -2.24. The molecule has 0 unspecified atom stereocenters. The highest BCUT2D eigenvalue weighted by Crippen LogP contribution is 2.34. The molecule has 21 heavy (non-hydrogen) atoms. The zero-order valence-electron chi connectivity index (χ0n) is 11.5. The number of carbonyl (C=O) groups is 1. The van der Waals surface area contributed by atoms with Gasteiger partial charge in [0, 0.05) is 18.7 Å². The van der Waals surface area contributed by atoms with E-state index in [0.717, 1.165) is 37.6 Å². The van der Waals surface area contributed by atoms with E-state index in [-0.39, 0.29) is 11.1 Å². The number of likely N-dealkylation sites (tertiary alicyclic amines) is 1. The summed E-state index contributed by atoms with van der Waals surface area (Å²) in [5.74, 6) is 0. The second kappa shape index (κ2) is 6.20. The molecule has 1 aliphatic rings. The summed E-state index contributed by atoms with van der Waals surface area (Å²) in [4.78, 5) is 13.2. The maximum absolute atomic E-state index is 13.1. The molecule has 114 valence electrons. The summed E-state index contributed by atoms with van der Waals surface area (Å²) in [6, 6.07) is 3.45. The van der Waals surface area contributed by atoms with Gasteiger partial charge in [0.05, 0.1) is 5.56 Å². The first-order valence-corrected chi connectivity index (χ1v) is 6.94. The molecule has 1 aromatic carbocycles. The quantitative estimate of drug-likeness (QED) is 0.762. The molecule has 0 saturated carbocycles. The van der Waals surface area contributed by atoms with E-state index in [2.05, 4.69) is 4.90 Å². The fourth-order valence-corrected chi connectivity index (χ4v) is 2.44. The Hall–Kier alpha value is -1.33. The van der Waals surface area contributed by atoms with Crippen LogP contribution in [0.2, 0.25) is 0 Å². The molecule has 0 atom stereocenters.